The second-order valence-electron chi connectivity index (χ2n) is 9.03. The molecule has 7 heteroatoms. The quantitative estimate of drug-likeness (QED) is 0.197. The molecule has 39 heavy (non-hydrogen) atoms. The van der Waals surface area contributed by atoms with Gasteiger partial charge in [0.25, 0.3) is 0 Å². The molecule has 0 fully saturated rings. The molecule has 1 nitrogen and oxygen atoms in total. The van der Waals surface area contributed by atoms with Crippen molar-refractivity contribution in [3.8, 4) is 39.1 Å². The van der Waals surface area contributed by atoms with Gasteiger partial charge in [0.05, 0.1) is 0 Å². The number of hydrogen-bond acceptors (Lipinski definition) is 1. The van der Waals surface area contributed by atoms with Crippen LogP contribution in [0.2, 0.25) is 0 Å². The summed E-state index contributed by atoms with van der Waals surface area (Å²) in [6, 6.07) is 23.9. The molecule has 0 spiro atoms. The number of rotatable bonds is 6. The summed E-state index contributed by atoms with van der Waals surface area (Å²) in [6.07, 6.45) is -4.41. The van der Waals surface area contributed by atoms with E-state index in [-0.39, 0.29) is 16.9 Å². The van der Waals surface area contributed by atoms with Gasteiger partial charge in [0.15, 0.2) is 0 Å². The van der Waals surface area contributed by atoms with Crippen LogP contribution < -0.4 is 4.74 Å². The van der Waals surface area contributed by atoms with Gasteiger partial charge in [-0.1, -0.05) is 66.2 Å². The van der Waals surface area contributed by atoms with E-state index in [0.29, 0.717) is 11.1 Å². The zero-order valence-electron chi connectivity index (χ0n) is 20.5. The SMILES string of the molecule is Cc1ccc(-c2cc(F)c(C(F)(F)Oc3ccc(-c4ccc(-c5ccc(F)cc5)cc4)c(F)c3)c(F)c2)cc1. The molecule has 5 rings (SSSR count). The number of ether oxygens (including phenoxy) is 1. The van der Waals surface area contributed by atoms with E-state index in [9.17, 15) is 26.3 Å². The number of alkyl halides is 2. The summed E-state index contributed by atoms with van der Waals surface area (Å²) in [7, 11) is 0. The Balaban J connectivity index is 1.37. The summed E-state index contributed by atoms with van der Waals surface area (Å²) in [6.45, 7) is 1.84. The Kier molecular flexibility index (Phi) is 6.91. The van der Waals surface area contributed by atoms with Crippen LogP contribution in [0.5, 0.6) is 5.75 Å². The van der Waals surface area contributed by atoms with Gasteiger partial charge in [-0.2, -0.15) is 8.78 Å². The highest BCUT2D eigenvalue weighted by Crippen LogP contribution is 2.38. The van der Waals surface area contributed by atoms with Gasteiger partial charge >= 0.3 is 6.11 Å². The monoisotopic (exact) mass is 534 g/mol. The average molecular weight is 534 g/mol. The minimum absolute atomic E-state index is 0.0883. The summed E-state index contributed by atoms with van der Waals surface area (Å²) >= 11 is 0. The van der Waals surface area contributed by atoms with Crippen LogP contribution in [0.1, 0.15) is 11.1 Å². The highest BCUT2D eigenvalue weighted by Gasteiger charge is 2.41. The normalized spacial score (nSPS) is 11.5. The molecular weight excluding hydrogens is 514 g/mol. The van der Waals surface area contributed by atoms with Crippen LogP contribution in [0, 0.1) is 30.2 Å². The molecule has 0 bridgehead atoms. The van der Waals surface area contributed by atoms with Gasteiger partial charge in [-0.05, 0) is 71.1 Å². The van der Waals surface area contributed by atoms with Crippen molar-refractivity contribution in [3.63, 3.8) is 0 Å². The minimum atomic E-state index is -4.41. The fourth-order valence-electron chi connectivity index (χ4n) is 4.24. The third-order valence-electron chi connectivity index (χ3n) is 6.28. The predicted molar refractivity (Wildman–Crippen MR) is 138 cm³/mol. The highest BCUT2D eigenvalue weighted by atomic mass is 19.3. The van der Waals surface area contributed by atoms with E-state index in [4.69, 9.17) is 0 Å². The molecular formula is C32H20F6O. The van der Waals surface area contributed by atoms with Crippen LogP contribution in [-0.2, 0) is 6.11 Å². The van der Waals surface area contributed by atoms with Gasteiger partial charge < -0.3 is 4.74 Å². The average Bonchev–Trinajstić information content (AvgIpc) is 2.89. The second kappa shape index (κ2) is 10.3. The standard InChI is InChI=1S/C32H20F6O/c1-19-2-4-22(5-3-19)24-16-29(35)31(30(36)17-24)32(37,38)39-26-14-15-27(28(34)18-26)23-8-6-20(7-9-23)21-10-12-25(33)13-11-21/h2-18H,1H3. The molecule has 0 aliphatic heterocycles. The first kappa shape index (κ1) is 26.1. The molecule has 0 radical (unpaired) electrons. The lowest BCUT2D eigenvalue weighted by Crippen LogP contribution is -2.25. The molecule has 5 aromatic rings. The third-order valence-corrected chi connectivity index (χ3v) is 6.28. The predicted octanol–water partition coefficient (Wildman–Crippen LogP) is 9.68. The molecule has 0 saturated carbocycles. The summed E-state index contributed by atoms with van der Waals surface area (Å²) in [5.74, 6) is -4.82. The molecule has 0 amide bonds. The fourth-order valence-corrected chi connectivity index (χ4v) is 4.24. The number of hydrogen-bond donors (Lipinski definition) is 0. The molecule has 0 aliphatic carbocycles. The molecule has 0 heterocycles. The van der Waals surface area contributed by atoms with Gasteiger partial charge in [-0.3, -0.25) is 0 Å². The molecule has 196 valence electrons. The maximum absolute atomic E-state index is 14.9. The zero-order valence-corrected chi connectivity index (χ0v) is 20.5. The van der Waals surface area contributed by atoms with Crippen LogP contribution in [0.25, 0.3) is 33.4 Å². The summed E-state index contributed by atoms with van der Waals surface area (Å²) in [5.41, 5.74) is 2.01. The van der Waals surface area contributed by atoms with Gasteiger partial charge in [0, 0.05) is 11.6 Å². The Morgan fingerprint density at radius 1 is 0.513 bits per heavy atom. The van der Waals surface area contributed by atoms with Crippen LogP contribution in [0.15, 0.2) is 103 Å². The maximum Gasteiger partial charge on any atom is 0.432 e. The Morgan fingerprint density at radius 2 is 1.00 bits per heavy atom. The van der Waals surface area contributed by atoms with E-state index >= 15 is 0 Å². The number of aryl methyl sites for hydroxylation is 1. The highest BCUT2D eigenvalue weighted by molar-refractivity contribution is 5.71. The van der Waals surface area contributed by atoms with E-state index in [1.807, 2.05) is 6.92 Å². The number of halogens is 6. The fraction of sp³-hybridized carbons (Fsp3) is 0.0625. The van der Waals surface area contributed by atoms with Gasteiger partial charge in [0.1, 0.15) is 34.6 Å². The van der Waals surface area contributed by atoms with Gasteiger partial charge in [-0.25, -0.2) is 17.6 Å². The first-order valence-electron chi connectivity index (χ1n) is 11.9. The summed E-state index contributed by atoms with van der Waals surface area (Å²) < 4.78 is 91.9. The molecule has 0 saturated heterocycles. The summed E-state index contributed by atoms with van der Waals surface area (Å²) in [5, 5.41) is 0. The van der Waals surface area contributed by atoms with Crippen LogP contribution in [-0.4, -0.2) is 0 Å². The Hall–Kier alpha value is -4.52. The van der Waals surface area contributed by atoms with Crippen molar-refractivity contribution >= 4 is 0 Å². The van der Waals surface area contributed by atoms with Crippen LogP contribution >= 0.6 is 0 Å². The Morgan fingerprint density at radius 3 is 1.56 bits per heavy atom. The molecule has 0 atom stereocenters. The van der Waals surface area contributed by atoms with Crippen molar-refractivity contribution in [2.45, 2.75) is 13.0 Å². The Bertz CT molecular complexity index is 1600. The van der Waals surface area contributed by atoms with E-state index in [0.717, 1.165) is 41.0 Å². The van der Waals surface area contributed by atoms with Gasteiger partial charge in [0.2, 0.25) is 0 Å². The molecule has 0 aromatic heterocycles. The molecule has 5 aromatic carbocycles. The van der Waals surface area contributed by atoms with Gasteiger partial charge in [-0.15, -0.1) is 0 Å². The lowest BCUT2D eigenvalue weighted by atomic mass is 10.00. The molecule has 0 unspecified atom stereocenters. The zero-order chi connectivity index (χ0) is 27.7. The van der Waals surface area contributed by atoms with Crippen LogP contribution in [0.4, 0.5) is 26.3 Å². The van der Waals surface area contributed by atoms with E-state index < -0.39 is 34.9 Å². The van der Waals surface area contributed by atoms with Crippen molar-refractivity contribution in [2.24, 2.45) is 0 Å². The lowest BCUT2D eigenvalue weighted by molar-refractivity contribution is -0.189. The second-order valence-corrected chi connectivity index (χ2v) is 9.03. The third kappa shape index (κ3) is 5.53. The first-order valence-corrected chi connectivity index (χ1v) is 11.9. The van der Waals surface area contributed by atoms with Crippen molar-refractivity contribution in [3.05, 3.63) is 138 Å². The van der Waals surface area contributed by atoms with E-state index in [2.05, 4.69) is 4.74 Å². The van der Waals surface area contributed by atoms with Crippen molar-refractivity contribution in [2.75, 3.05) is 0 Å². The first-order chi connectivity index (χ1) is 18.6. The summed E-state index contributed by atoms with van der Waals surface area (Å²) in [4.78, 5) is 0. The molecule has 0 aliphatic rings. The largest absolute Gasteiger partial charge is 0.432 e. The maximum atomic E-state index is 14.9. The smallest absolute Gasteiger partial charge is 0.429 e. The Labute approximate surface area is 220 Å². The van der Waals surface area contributed by atoms with Crippen molar-refractivity contribution in [1.82, 2.24) is 0 Å². The topological polar surface area (TPSA) is 9.23 Å². The lowest BCUT2D eigenvalue weighted by Gasteiger charge is -2.20. The van der Waals surface area contributed by atoms with E-state index in [1.165, 1.54) is 18.2 Å². The molecule has 0 N–H and O–H groups in total. The number of benzene rings is 5. The minimum Gasteiger partial charge on any atom is -0.429 e. The van der Waals surface area contributed by atoms with E-state index in [1.54, 1.807) is 60.7 Å². The van der Waals surface area contributed by atoms with Crippen molar-refractivity contribution in [1.29, 1.82) is 0 Å². The van der Waals surface area contributed by atoms with Crippen LogP contribution in [0.3, 0.4) is 0 Å². The van der Waals surface area contributed by atoms with Crippen molar-refractivity contribution < 1.29 is 31.1 Å².